The normalized spacial score (nSPS) is 20.3. The predicted molar refractivity (Wildman–Crippen MR) is 132 cm³/mol. The van der Waals surface area contributed by atoms with E-state index in [1.165, 1.54) is 24.9 Å². The Hall–Kier alpha value is -2.89. The van der Waals surface area contributed by atoms with Gasteiger partial charge in [0.2, 0.25) is 5.91 Å². The quantitative estimate of drug-likeness (QED) is 0.495. The van der Waals surface area contributed by atoms with Crippen LogP contribution in [0.5, 0.6) is 5.75 Å². The molecular weight excluding hydrogens is 491 g/mol. The van der Waals surface area contributed by atoms with Crippen LogP contribution in [-0.2, 0) is 17.8 Å². The number of anilines is 1. The maximum Gasteiger partial charge on any atom is 0.235 e. The van der Waals surface area contributed by atoms with E-state index < -0.39 is 17.8 Å². The largest absolute Gasteiger partial charge is 0.497 e. The fourth-order valence-corrected chi connectivity index (χ4v) is 5.40. The number of piperidine rings is 1. The number of thioether (sulfide) groups is 1. The van der Waals surface area contributed by atoms with Crippen LogP contribution in [0.3, 0.4) is 0 Å². The third kappa shape index (κ3) is 5.28. The van der Waals surface area contributed by atoms with Gasteiger partial charge in [-0.15, -0.1) is 11.8 Å². The lowest BCUT2D eigenvalue weighted by Crippen LogP contribution is -2.51. The molecule has 1 saturated heterocycles. The summed E-state index contributed by atoms with van der Waals surface area (Å²) in [4.78, 5) is 22.8. The number of hydrogen-bond donors (Lipinski definition) is 2. The van der Waals surface area contributed by atoms with E-state index in [1.54, 1.807) is 6.07 Å². The molecule has 7 nitrogen and oxygen atoms in total. The first-order valence-electron chi connectivity index (χ1n) is 11.7. The van der Waals surface area contributed by atoms with Crippen molar-refractivity contribution < 1.29 is 22.7 Å². The number of likely N-dealkylation sites (tertiary alicyclic amines) is 1. The summed E-state index contributed by atoms with van der Waals surface area (Å²) in [6.07, 6.45) is 0.801. The van der Waals surface area contributed by atoms with Crippen molar-refractivity contribution in [1.82, 2.24) is 20.2 Å². The fourth-order valence-electron chi connectivity index (χ4n) is 4.64. The average Bonchev–Trinajstić information content (AvgIpc) is 2.87. The maximum atomic E-state index is 15.0. The number of methoxy groups -OCH3 is 1. The summed E-state index contributed by atoms with van der Waals surface area (Å²) in [5.41, 5.74) is 1.17. The van der Waals surface area contributed by atoms with Gasteiger partial charge in [0.1, 0.15) is 29.1 Å². The van der Waals surface area contributed by atoms with Crippen LogP contribution in [0.15, 0.2) is 35.4 Å². The molecule has 36 heavy (non-hydrogen) atoms. The summed E-state index contributed by atoms with van der Waals surface area (Å²) in [6.45, 7) is 1.68. The Morgan fingerprint density at radius 3 is 2.94 bits per heavy atom. The van der Waals surface area contributed by atoms with E-state index in [0.29, 0.717) is 60.7 Å². The smallest absolute Gasteiger partial charge is 0.235 e. The monoisotopic (exact) mass is 517 g/mol. The van der Waals surface area contributed by atoms with Gasteiger partial charge in [0, 0.05) is 42.7 Å². The standard InChI is InChI=1S/C25H26F3N5O2S/c1-35-15-8-17-16(19(27)11-30-24(17)18(26)9-15)4-6-33-7-5-21(20(28)12-33)29-10-14-2-3-22-25(31-14)32-23(34)13-36-22/h2-3,8-9,11,20-21,29H,4-7,10,12-13H2,1H3,(H,31,32,34). The number of aromatic nitrogens is 2. The topological polar surface area (TPSA) is 79.4 Å². The first-order valence-corrected chi connectivity index (χ1v) is 12.7. The molecule has 2 aliphatic rings. The number of ether oxygens (including phenoxy) is 1. The number of rotatable bonds is 7. The number of nitrogens with one attached hydrogen (secondary N) is 2. The lowest BCUT2D eigenvalue weighted by Gasteiger charge is -2.35. The third-order valence-corrected chi connectivity index (χ3v) is 7.62. The molecule has 2 atom stereocenters. The molecule has 1 aromatic carbocycles. The third-order valence-electron chi connectivity index (χ3n) is 6.57. The number of amides is 1. The number of nitrogens with zero attached hydrogens (tertiary/aromatic N) is 3. The van der Waals surface area contributed by atoms with Crippen LogP contribution < -0.4 is 15.4 Å². The lowest BCUT2D eigenvalue weighted by atomic mass is 10.0. The Labute approximate surface area is 210 Å². The zero-order valence-electron chi connectivity index (χ0n) is 19.7. The van der Waals surface area contributed by atoms with Crippen molar-refractivity contribution in [3.63, 3.8) is 0 Å². The van der Waals surface area contributed by atoms with Gasteiger partial charge in [-0.05, 0) is 37.6 Å². The number of benzene rings is 1. The Morgan fingerprint density at radius 2 is 2.14 bits per heavy atom. The molecule has 2 aromatic heterocycles. The predicted octanol–water partition coefficient (Wildman–Crippen LogP) is 3.71. The molecule has 1 fully saturated rings. The number of pyridine rings is 2. The van der Waals surface area contributed by atoms with Crippen LogP contribution in [-0.4, -0.2) is 65.5 Å². The van der Waals surface area contributed by atoms with Gasteiger partial charge in [-0.1, -0.05) is 0 Å². The van der Waals surface area contributed by atoms with Crippen LogP contribution >= 0.6 is 11.8 Å². The minimum absolute atomic E-state index is 0.0785. The van der Waals surface area contributed by atoms with Crippen LogP contribution in [0.4, 0.5) is 19.0 Å². The number of halogens is 3. The first kappa shape index (κ1) is 24.8. The maximum absolute atomic E-state index is 15.0. The number of carbonyl (C=O) groups excluding carboxylic acids is 1. The SMILES string of the molecule is COc1cc(F)c2ncc(F)c(CCN3CCC(NCc4ccc5c(n4)NC(=O)CS5)C(F)C3)c2c1. The molecular formula is C25H26F3N5O2S. The highest BCUT2D eigenvalue weighted by Gasteiger charge is 2.29. The van der Waals surface area contributed by atoms with Crippen molar-refractivity contribution in [3.8, 4) is 5.75 Å². The highest BCUT2D eigenvalue weighted by atomic mass is 32.2. The van der Waals surface area contributed by atoms with E-state index >= 15 is 0 Å². The van der Waals surface area contributed by atoms with E-state index in [9.17, 15) is 18.0 Å². The molecule has 0 aliphatic carbocycles. The second kappa shape index (κ2) is 10.6. The molecule has 11 heteroatoms. The molecule has 2 N–H and O–H groups in total. The van der Waals surface area contributed by atoms with Crippen molar-refractivity contribution in [3.05, 3.63) is 53.4 Å². The zero-order chi connectivity index (χ0) is 25.2. The van der Waals surface area contributed by atoms with E-state index in [4.69, 9.17) is 4.74 Å². The molecule has 190 valence electrons. The second-order valence-corrected chi connectivity index (χ2v) is 9.94. The van der Waals surface area contributed by atoms with Crippen molar-refractivity contribution >= 4 is 34.4 Å². The summed E-state index contributed by atoms with van der Waals surface area (Å²) in [6, 6.07) is 6.26. The Bertz CT molecular complexity index is 1290. The van der Waals surface area contributed by atoms with Gasteiger partial charge in [-0.3, -0.25) is 14.7 Å². The Balaban J connectivity index is 1.18. The summed E-state index contributed by atoms with van der Waals surface area (Å²) in [5.74, 6) is 0.0508. The van der Waals surface area contributed by atoms with Crippen LogP contribution in [0, 0.1) is 11.6 Å². The van der Waals surface area contributed by atoms with Gasteiger partial charge < -0.3 is 15.4 Å². The van der Waals surface area contributed by atoms with Gasteiger partial charge in [0.15, 0.2) is 5.82 Å². The fraction of sp³-hybridized carbons (Fsp3) is 0.400. The van der Waals surface area contributed by atoms with Gasteiger partial charge in [-0.2, -0.15) is 0 Å². The summed E-state index contributed by atoms with van der Waals surface area (Å²) in [5, 5.41) is 6.38. The number of alkyl halides is 1. The summed E-state index contributed by atoms with van der Waals surface area (Å²) >= 11 is 1.45. The average molecular weight is 518 g/mol. The highest BCUT2D eigenvalue weighted by Crippen LogP contribution is 2.30. The Morgan fingerprint density at radius 1 is 1.28 bits per heavy atom. The van der Waals surface area contributed by atoms with Crippen molar-refractivity contribution in [2.75, 3.05) is 37.8 Å². The second-order valence-electron chi connectivity index (χ2n) is 8.92. The first-order chi connectivity index (χ1) is 17.4. The minimum Gasteiger partial charge on any atom is -0.497 e. The molecule has 0 saturated carbocycles. The van der Waals surface area contributed by atoms with E-state index in [0.717, 1.165) is 16.8 Å². The Kier molecular flexibility index (Phi) is 7.31. The van der Waals surface area contributed by atoms with Gasteiger partial charge in [0.25, 0.3) is 0 Å². The van der Waals surface area contributed by atoms with Gasteiger partial charge in [-0.25, -0.2) is 18.2 Å². The number of hydrogen-bond acceptors (Lipinski definition) is 7. The molecule has 0 radical (unpaired) electrons. The van der Waals surface area contributed by atoms with Gasteiger partial charge in [0.05, 0.1) is 29.6 Å². The van der Waals surface area contributed by atoms with Crippen LogP contribution in [0.1, 0.15) is 17.7 Å². The molecule has 5 rings (SSSR count). The van der Waals surface area contributed by atoms with E-state index in [2.05, 4.69) is 20.6 Å². The lowest BCUT2D eigenvalue weighted by molar-refractivity contribution is -0.113. The van der Waals surface area contributed by atoms with E-state index in [1.807, 2.05) is 17.0 Å². The summed E-state index contributed by atoms with van der Waals surface area (Å²) in [7, 11) is 1.42. The molecule has 4 heterocycles. The highest BCUT2D eigenvalue weighted by molar-refractivity contribution is 8.00. The van der Waals surface area contributed by atoms with Crippen molar-refractivity contribution in [2.24, 2.45) is 0 Å². The summed E-state index contributed by atoms with van der Waals surface area (Å²) < 4.78 is 49.1. The van der Waals surface area contributed by atoms with Crippen LogP contribution in [0.2, 0.25) is 0 Å². The van der Waals surface area contributed by atoms with Crippen molar-refractivity contribution in [2.45, 2.75) is 36.5 Å². The van der Waals surface area contributed by atoms with E-state index in [-0.39, 0.29) is 24.0 Å². The van der Waals surface area contributed by atoms with Crippen molar-refractivity contribution in [1.29, 1.82) is 0 Å². The van der Waals surface area contributed by atoms with Crippen LogP contribution in [0.25, 0.3) is 10.9 Å². The molecule has 3 aromatic rings. The van der Waals surface area contributed by atoms with Gasteiger partial charge >= 0.3 is 0 Å². The molecule has 1 amide bonds. The zero-order valence-corrected chi connectivity index (χ0v) is 20.5. The number of fused-ring (bicyclic) bond motifs is 2. The minimum atomic E-state index is -1.11. The molecule has 0 bridgehead atoms. The molecule has 0 spiro atoms. The molecule has 2 unspecified atom stereocenters. The molecule has 2 aliphatic heterocycles. The number of carbonyl (C=O) groups is 1.